The molecule has 110 valence electrons. The van der Waals surface area contributed by atoms with Crippen LogP contribution in [0.15, 0.2) is 18.2 Å². The molecule has 2 heterocycles. The number of rotatable bonds is 2. The number of fused-ring (bicyclic) bond motifs is 1. The maximum atomic E-state index is 13.4. The Morgan fingerprint density at radius 3 is 2.62 bits per heavy atom. The summed E-state index contributed by atoms with van der Waals surface area (Å²) in [5, 5.41) is 4.14. The first-order chi connectivity index (χ1) is 9.90. The topological polar surface area (TPSA) is 35.6 Å². The molecular formula is C15H16ClFN4. The Labute approximate surface area is 127 Å². The molecule has 0 saturated heterocycles. The van der Waals surface area contributed by atoms with Gasteiger partial charge in [0.2, 0.25) is 0 Å². The van der Waals surface area contributed by atoms with E-state index in [0.29, 0.717) is 0 Å². The fourth-order valence-corrected chi connectivity index (χ4v) is 2.81. The van der Waals surface area contributed by atoms with Crippen LogP contribution in [0, 0.1) is 19.7 Å². The molecule has 0 saturated carbocycles. The molecule has 0 N–H and O–H groups in total. The summed E-state index contributed by atoms with van der Waals surface area (Å²) in [6.45, 7) is 5.66. The minimum atomic E-state index is -0.263. The number of benzene rings is 1. The number of hydrogen-bond acceptors (Lipinski definition) is 2. The number of alkyl halides is 1. The maximum absolute atomic E-state index is 13.4. The van der Waals surface area contributed by atoms with Gasteiger partial charge in [0.05, 0.1) is 16.8 Å². The highest BCUT2D eigenvalue weighted by atomic mass is 35.5. The average Bonchev–Trinajstić information content (AvgIpc) is 2.90. The first kappa shape index (κ1) is 14.1. The molecule has 0 aliphatic rings. The summed E-state index contributed by atoms with van der Waals surface area (Å²) in [5.74, 6) is 0.478. The zero-order chi connectivity index (χ0) is 15.3. The largest absolute Gasteiger partial charge is 0.279 e. The van der Waals surface area contributed by atoms with Gasteiger partial charge in [0.1, 0.15) is 17.2 Å². The van der Waals surface area contributed by atoms with Gasteiger partial charge in [-0.1, -0.05) is 0 Å². The molecule has 1 aromatic carbocycles. The average molecular weight is 307 g/mol. The van der Waals surface area contributed by atoms with Gasteiger partial charge >= 0.3 is 0 Å². The van der Waals surface area contributed by atoms with Crippen LogP contribution >= 0.6 is 11.6 Å². The van der Waals surface area contributed by atoms with Gasteiger partial charge < -0.3 is 0 Å². The first-order valence-electron chi connectivity index (χ1n) is 6.72. The standard InChI is InChI=1S/C15H16ClFN4/c1-8-7-11(17)5-6-12(8)21-14(9(2)16)18-13-10(3)19-20(4)15(13)21/h5-7,9H,1-4H3. The fourth-order valence-electron chi connectivity index (χ4n) is 2.66. The zero-order valence-corrected chi connectivity index (χ0v) is 13.1. The number of aromatic nitrogens is 4. The van der Waals surface area contributed by atoms with Crippen LogP contribution in [0.2, 0.25) is 0 Å². The van der Waals surface area contributed by atoms with Crippen molar-refractivity contribution < 1.29 is 4.39 Å². The summed E-state index contributed by atoms with van der Waals surface area (Å²) >= 11 is 6.29. The third-order valence-corrected chi connectivity index (χ3v) is 3.78. The van der Waals surface area contributed by atoms with Crippen molar-refractivity contribution in [2.24, 2.45) is 7.05 Å². The van der Waals surface area contributed by atoms with E-state index in [-0.39, 0.29) is 11.2 Å². The van der Waals surface area contributed by atoms with E-state index in [2.05, 4.69) is 10.1 Å². The summed E-state index contributed by atoms with van der Waals surface area (Å²) in [6.07, 6.45) is 0. The minimum absolute atomic E-state index is 0.255. The molecule has 0 spiro atoms. The Hall–Kier alpha value is -1.88. The number of halogens is 2. The molecule has 0 amide bonds. The monoisotopic (exact) mass is 306 g/mol. The molecule has 3 aromatic rings. The second-order valence-corrected chi connectivity index (χ2v) is 5.89. The molecule has 21 heavy (non-hydrogen) atoms. The molecule has 1 atom stereocenters. The summed E-state index contributed by atoms with van der Waals surface area (Å²) in [4.78, 5) is 4.63. The highest BCUT2D eigenvalue weighted by molar-refractivity contribution is 6.20. The van der Waals surface area contributed by atoms with Crippen molar-refractivity contribution in [1.82, 2.24) is 19.3 Å². The third-order valence-electron chi connectivity index (χ3n) is 3.58. The van der Waals surface area contributed by atoms with Gasteiger partial charge in [-0.25, -0.2) is 14.1 Å². The van der Waals surface area contributed by atoms with E-state index in [4.69, 9.17) is 11.6 Å². The van der Waals surface area contributed by atoms with Crippen molar-refractivity contribution in [3.63, 3.8) is 0 Å². The van der Waals surface area contributed by atoms with E-state index >= 15 is 0 Å². The fraction of sp³-hybridized carbons (Fsp3) is 0.333. The molecule has 3 rings (SSSR count). The van der Waals surface area contributed by atoms with Crippen LogP contribution in [0.25, 0.3) is 16.9 Å². The molecule has 6 heteroatoms. The normalized spacial score (nSPS) is 13.0. The molecule has 0 radical (unpaired) electrons. The molecular weight excluding hydrogens is 291 g/mol. The molecule has 2 aromatic heterocycles. The van der Waals surface area contributed by atoms with E-state index in [1.165, 1.54) is 12.1 Å². The zero-order valence-electron chi connectivity index (χ0n) is 12.4. The van der Waals surface area contributed by atoms with Crippen LogP contribution in [0.5, 0.6) is 0 Å². The highest BCUT2D eigenvalue weighted by Gasteiger charge is 2.22. The van der Waals surface area contributed by atoms with Crippen LogP contribution in [-0.2, 0) is 7.05 Å². The second-order valence-electron chi connectivity index (χ2n) is 5.23. The van der Waals surface area contributed by atoms with Crippen molar-refractivity contribution in [1.29, 1.82) is 0 Å². The summed E-state index contributed by atoms with van der Waals surface area (Å²) in [6, 6.07) is 4.70. The van der Waals surface area contributed by atoms with Crippen LogP contribution in [-0.4, -0.2) is 19.3 Å². The molecule has 1 unspecified atom stereocenters. The van der Waals surface area contributed by atoms with Gasteiger partial charge in [-0.05, 0) is 44.5 Å². The number of nitrogens with zero attached hydrogens (tertiary/aromatic N) is 4. The number of imidazole rings is 1. The van der Waals surface area contributed by atoms with Gasteiger partial charge in [-0.3, -0.25) is 4.57 Å². The van der Waals surface area contributed by atoms with Crippen molar-refractivity contribution in [2.75, 3.05) is 0 Å². The van der Waals surface area contributed by atoms with E-state index < -0.39 is 0 Å². The molecule has 0 aliphatic heterocycles. The van der Waals surface area contributed by atoms with Crippen molar-refractivity contribution in [3.05, 3.63) is 41.1 Å². The van der Waals surface area contributed by atoms with Gasteiger partial charge in [-0.2, -0.15) is 5.10 Å². The molecule has 0 bridgehead atoms. The SMILES string of the molecule is Cc1cc(F)ccc1-n1c(C(C)Cl)nc2c(C)nn(C)c21. The second kappa shape index (κ2) is 4.84. The Morgan fingerprint density at radius 2 is 2.00 bits per heavy atom. The van der Waals surface area contributed by atoms with Gasteiger partial charge in [0, 0.05) is 7.05 Å². The summed E-state index contributed by atoms with van der Waals surface area (Å²) in [5.41, 5.74) is 4.23. The lowest BCUT2D eigenvalue weighted by Gasteiger charge is -2.13. The van der Waals surface area contributed by atoms with E-state index in [1.807, 2.05) is 32.4 Å². The quantitative estimate of drug-likeness (QED) is 0.675. The lowest BCUT2D eigenvalue weighted by Crippen LogP contribution is -2.07. The predicted molar refractivity (Wildman–Crippen MR) is 81.5 cm³/mol. The van der Waals surface area contributed by atoms with Crippen LogP contribution in [0.4, 0.5) is 4.39 Å². The Balaban J connectivity index is 2.41. The smallest absolute Gasteiger partial charge is 0.163 e. The lowest BCUT2D eigenvalue weighted by molar-refractivity contribution is 0.625. The van der Waals surface area contributed by atoms with Crippen LogP contribution < -0.4 is 0 Å². The van der Waals surface area contributed by atoms with E-state index in [9.17, 15) is 4.39 Å². The van der Waals surface area contributed by atoms with Gasteiger partial charge in [-0.15, -0.1) is 11.6 Å². The van der Waals surface area contributed by atoms with E-state index in [0.717, 1.165) is 33.9 Å². The van der Waals surface area contributed by atoms with Crippen molar-refractivity contribution in [2.45, 2.75) is 26.1 Å². The van der Waals surface area contributed by atoms with Crippen molar-refractivity contribution >= 4 is 22.8 Å². The van der Waals surface area contributed by atoms with E-state index in [1.54, 1.807) is 10.7 Å². The highest BCUT2D eigenvalue weighted by Crippen LogP contribution is 2.30. The van der Waals surface area contributed by atoms with Crippen LogP contribution in [0.3, 0.4) is 0 Å². The predicted octanol–water partition coefficient (Wildman–Crippen LogP) is 3.81. The minimum Gasteiger partial charge on any atom is -0.279 e. The summed E-state index contributed by atoms with van der Waals surface area (Å²) in [7, 11) is 1.87. The molecule has 4 nitrogen and oxygen atoms in total. The van der Waals surface area contributed by atoms with Gasteiger partial charge in [0.25, 0.3) is 0 Å². The van der Waals surface area contributed by atoms with Gasteiger partial charge in [0.15, 0.2) is 5.65 Å². The third kappa shape index (κ3) is 2.12. The lowest BCUT2D eigenvalue weighted by atomic mass is 10.2. The maximum Gasteiger partial charge on any atom is 0.163 e. The Morgan fingerprint density at radius 1 is 1.29 bits per heavy atom. The number of aryl methyl sites for hydroxylation is 3. The Kier molecular flexibility index (Phi) is 3.24. The van der Waals surface area contributed by atoms with Crippen molar-refractivity contribution in [3.8, 4) is 5.69 Å². The van der Waals surface area contributed by atoms with Crippen LogP contribution in [0.1, 0.15) is 29.4 Å². The number of hydrogen-bond donors (Lipinski definition) is 0. The Bertz CT molecular complexity index is 832. The molecule has 0 fully saturated rings. The first-order valence-corrected chi connectivity index (χ1v) is 7.16. The molecule has 0 aliphatic carbocycles. The summed E-state index contributed by atoms with van der Waals surface area (Å²) < 4.78 is 17.1.